The van der Waals surface area contributed by atoms with Gasteiger partial charge in [-0.1, -0.05) is 24.3 Å². The van der Waals surface area contributed by atoms with Gasteiger partial charge in [0, 0.05) is 43.9 Å². The normalized spacial score (nSPS) is 15.0. The molecule has 236 valence electrons. The Balaban J connectivity index is 1.31. The lowest BCUT2D eigenvalue weighted by atomic mass is 9.85. The predicted octanol–water partition coefficient (Wildman–Crippen LogP) is 8.08. The molecule has 2 heterocycles. The molecule has 0 saturated heterocycles. The van der Waals surface area contributed by atoms with Crippen LogP contribution in [0.15, 0.2) is 69.6 Å². The summed E-state index contributed by atoms with van der Waals surface area (Å²) in [6.45, 7) is -0.291. The molecule has 0 N–H and O–H groups in total. The molecule has 0 saturated carbocycles. The highest BCUT2D eigenvalue weighted by atomic mass is 79.9. The number of imide groups is 2. The average Bonchev–Trinajstić information content (AvgIpc) is 2.98. The maximum atomic E-state index is 13.7. The molecule has 0 fully saturated rings. The first kappa shape index (κ1) is 31.9. The molecule has 6 nitrogen and oxygen atoms in total. The van der Waals surface area contributed by atoms with Crippen molar-refractivity contribution in [3.05, 3.63) is 114 Å². The fourth-order valence-electron chi connectivity index (χ4n) is 5.68. The number of hydrogen-bond acceptors (Lipinski definition) is 4. The molecule has 0 unspecified atom stereocenters. The third-order valence-electron chi connectivity index (χ3n) is 7.99. The van der Waals surface area contributed by atoms with Gasteiger partial charge in [0.2, 0.25) is 0 Å². The number of hydrogen-bond donors (Lipinski definition) is 0. The third-order valence-corrected chi connectivity index (χ3v) is 9.24. The summed E-state index contributed by atoms with van der Waals surface area (Å²) in [5, 5.41) is 0.236. The van der Waals surface area contributed by atoms with Crippen LogP contribution in [0.3, 0.4) is 0 Å². The van der Waals surface area contributed by atoms with Crippen molar-refractivity contribution in [3.8, 4) is 0 Å². The first-order chi connectivity index (χ1) is 21.6. The topological polar surface area (TPSA) is 74.8 Å². The lowest BCUT2D eigenvalue weighted by Gasteiger charge is -2.33. The van der Waals surface area contributed by atoms with Crippen LogP contribution in [-0.4, -0.2) is 46.5 Å². The van der Waals surface area contributed by atoms with E-state index in [9.17, 15) is 45.5 Å². The van der Waals surface area contributed by atoms with Crippen molar-refractivity contribution in [2.75, 3.05) is 13.1 Å². The summed E-state index contributed by atoms with van der Waals surface area (Å²) in [7, 11) is 0. The van der Waals surface area contributed by atoms with Crippen LogP contribution in [0.2, 0.25) is 0 Å². The molecule has 46 heavy (non-hydrogen) atoms. The first-order valence-corrected chi connectivity index (χ1v) is 15.2. The number of rotatable bonds is 6. The molecule has 0 atom stereocenters. The molecule has 4 aromatic carbocycles. The lowest BCUT2D eigenvalue weighted by Crippen LogP contribution is -2.44. The SMILES string of the molecule is O=C1c2cc(Br)c3c4c(c(Br)cc(c24)C(=O)N1CCc1ccc(C(F)(F)F)cc1)C(=O)N(CCc1ccc(C(F)(F)F)cc1)C3=O. The fraction of sp³-hybridized carbons (Fsp3) is 0.188. The average molecular weight is 768 g/mol. The molecule has 0 aromatic heterocycles. The molecular formula is C32H18Br2F6N2O4. The Morgan fingerprint density at radius 3 is 1.22 bits per heavy atom. The number of alkyl halides is 6. The zero-order valence-electron chi connectivity index (χ0n) is 23.2. The second-order valence-corrected chi connectivity index (χ2v) is 12.4. The van der Waals surface area contributed by atoms with E-state index in [1.807, 2.05) is 0 Å². The Bertz CT molecular complexity index is 1900. The smallest absolute Gasteiger partial charge is 0.274 e. The van der Waals surface area contributed by atoms with Crippen molar-refractivity contribution >= 4 is 66.3 Å². The monoisotopic (exact) mass is 766 g/mol. The van der Waals surface area contributed by atoms with Crippen LogP contribution in [0.1, 0.15) is 63.7 Å². The number of amides is 4. The molecule has 0 aliphatic carbocycles. The van der Waals surface area contributed by atoms with E-state index in [4.69, 9.17) is 0 Å². The van der Waals surface area contributed by atoms with E-state index in [0.29, 0.717) is 11.1 Å². The Hall–Kier alpha value is -4.04. The first-order valence-electron chi connectivity index (χ1n) is 13.6. The van der Waals surface area contributed by atoms with Crippen molar-refractivity contribution < 1.29 is 45.5 Å². The highest BCUT2D eigenvalue weighted by molar-refractivity contribution is 9.11. The van der Waals surface area contributed by atoms with Gasteiger partial charge in [-0.2, -0.15) is 26.3 Å². The summed E-state index contributed by atoms with van der Waals surface area (Å²) >= 11 is 6.71. The van der Waals surface area contributed by atoms with Gasteiger partial charge in [0.05, 0.1) is 22.3 Å². The summed E-state index contributed by atoms with van der Waals surface area (Å²) in [6.07, 6.45) is -8.86. The van der Waals surface area contributed by atoms with E-state index in [0.717, 1.165) is 34.1 Å². The van der Waals surface area contributed by atoms with E-state index in [2.05, 4.69) is 31.9 Å². The van der Waals surface area contributed by atoms with Gasteiger partial charge in [0.15, 0.2) is 0 Å². The zero-order chi connectivity index (χ0) is 33.3. The van der Waals surface area contributed by atoms with Gasteiger partial charge >= 0.3 is 12.4 Å². The van der Waals surface area contributed by atoms with Crippen molar-refractivity contribution in [1.82, 2.24) is 9.80 Å². The van der Waals surface area contributed by atoms with Crippen LogP contribution in [0, 0.1) is 0 Å². The van der Waals surface area contributed by atoms with E-state index in [1.165, 1.54) is 36.4 Å². The van der Waals surface area contributed by atoms with Gasteiger partial charge in [-0.25, -0.2) is 0 Å². The van der Waals surface area contributed by atoms with E-state index in [1.54, 1.807) is 0 Å². The van der Waals surface area contributed by atoms with Crippen LogP contribution in [0.4, 0.5) is 26.3 Å². The molecule has 0 bridgehead atoms. The lowest BCUT2D eigenvalue weighted by molar-refractivity contribution is -0.138. The highest BCUT2D eigenvalue weighted by Crippen LogP contribution is 2.44. The minimum atomic E-state index is -4.51. The Kier molecular flexibility index (Phi) is 7.87. The van der Waals surface area contributed by atoms with Gasteiger partial charge < -0.3 is 0 Å². The highest BCUT2D eigenvalue weighted by Gasteiger charge is 2.42. The second kappa shape index (κ2) is 11.3. The van der Waals surface area contributed by atoms with Gasteiger partial charge in [-0.15, -0.1) is 0 Å². The van der Waals surface area contributed by atoms with Crippen LogP contribution < -0.4 is 0 Å². The molecular weight excluding hydrogens is 750 g/mol. The van der Waals surface area contributed by atoms with Crippen LogP contribution in [0.25, 0.3) is 10.8 Å². The summed E-state index contributed by atoms with van der Waals surface area (Å²) in [4.78, 5) is 56.6. The molecule has 0 spiro atoms. The number of carbonyl (C=O) groups is 4. The van der Waals surface area contributed by atoms with Crippen molar-refractivity contribution in [2.24, 2.45) is 0 Å². The van der Waals surface area contributed by atoms with Crippen LogP contribution in [0.5, 0.6) is 0 Å². The second-order valence-electron chi connectivity index (χ2n) is 10.7. The Morgan fingerprint density at radius 2 is 0.870 bits per heavy atom. The van der Waals surface area contributed by atoms with Crippen LogP contribution >= 0.6 is 31.9 Å². The van der Waals surface area contributed by atoms with E-state index >= 15 is 0 Å². The van der Waals surface area contributed by atoms with Gasteiger partial charge in [0.1, 0.15) is 0 Å². The molecule has 0 radical (unpaired) electrons. The Labute approximate surface area is 273 Å². The van der Waals surface area contributed by atoms with E-state index < -0.39 is 47.1 Å². The zero-order valence-corrected chi connectivity index (χ0v) is 26.3. The molecule has 14 heteroatoms. The van der Waals surface area contributed by atoms with Crippen molar-refractivity contribution in [1.29, 1.82) is 0 Å². The largest absolute Gasteiger partial charge is 0.416 e. The quantitative estimate of drug-likeness (QED) is 0.147. The third kappa shape index (κ3) is 5.40. The summed E-state index contributed by atoms with van der Waals surface area (Å²) < 4.78 is 78.0. The summed E-state index contributed by atoms with van der Waals surface area (Å²) in [6, 6.07) is 11.5. The van der Waals surface area contributed by atoms with Crippen LogP contribution in [-0.2, 0) is 25.2 Å². The van der Waals surface area contributed by atoms with Gasteiger partial charge in [-0.05, 0) is 92.2 Å². The summed E-state index contributed by atoms with van der Waals surface area (Å²) in [5.41, 5.74) is -0.517. The number of benzene rings is 4. The maximum Gasteiger partial charge on any atom is 0.416 e. The van der Waals surface area contributed by atoms with Crippen molar-refractivity contribution in [3.63, 3.8) is 0 Å². The fourth-order valence-corrected chi connectivity index (χ4v) is 6.87. The Morgan fingerprint density at radius 1 is 0.522 bits per heavy atom. The van der Waals surface area contributed by atoms with Gasteiger partial charge in [0.25, 0.3) is 23.6 Å². The minimum absolute atomic E-state index is 0.0436. The predicted molar refractivity (Wildman–Crippen MR) is 160 cm³/mol. The molecule has 6 rings (SSSR count). The van der Waals surface area contributed by atoms with E-state index in [-0.39, 0.29) is 67.9 Å². The van der Waals surface area contributed by atoms with Gasteiger partial charge in [-0.3, -0.25) is 29.0 Å². The summed E-state index contributed by atoms with van der Waals surface area (Å²) in [5.74, 6) is -2.82. The molecule has 4 amide bonds. The van der Waals surface area contributed by atoms with Crippen molar-refractivity contribution in [2.45, 2.75) is 25.2 Å². The standard InChI is InChI=1S/C32H18Br2F6N2O4/c33-21-13-19-23-20(28(44)41(27(19)43)11-9-15-1-5-17(6-2-15)31(35,36)37)14-22(34)25-26(23)24(21)29(45)42(30(25)46)12-10-16-3-7-18(8-4-16)32(38,39)40/h1-8,13-14H,9-12H2. The molecule has 2 aliphatic heterocycles. The number of nitrogens with zero attached hydrogens (tertiary/aromatic N) is 2. The molecule has 4 aromatic rings. The number of carbonyl (C=O) groups excluding carboxylic acids is 4. The number of halogens is 8. The maximum absolute atomic E-state index is 13.7. The minimum Gasteiger partial charge on any atom is -0.274 e. The molecule has 2 aliphatic rings.